The van der Waals surface area contributed by atoms with Crippen molar-refractivity contribution in [2.45, 2.75) is 77.2 Å². The number of nitrogens with zero attached hydrogens (tertiary/aromatic N) is 6. The zero-order valence-corrected chi connectivity index (χ0v) is 30.5. The number of alkyl carbamates (subject to hydrolysis) is 1. The minimum atomic E-state index is -0.492. The first kappa shape index (κ1) is 37.7. The predicted octanol–water partition coefficient (Wildman–Crippen LogP) is 3.22. The summed E-state index contributed by atoms with van der Waals surface area (Å²) in [7, 11) is 3.19. The van der Waals surface area contributed by atoms with Gasteiger partial charge >= 0.3 is 6.09 Å². The molecule has 6 rings (SSSR count). The topological polar surface area (TPSA) is 159 Å². The summed E-state index contributed by atoms with van der Waals surface area (Å²) in [5.74, 6) is 1.29. The number of hydrogen-bond donors (Lipinski definition) is 2. The Kier molecular flexibility index (Phi) is 12.7. The molecule has 0 bridgehead atoms. The normalized spacial score (nSPS) is 16.4. The smallest absolute Gasteiger partial charge is 0.407 e. The van der Waals surface area contributed by atoms with E-state index in [0.717, 1.165) is 87.0 Å². The number of pyridine rings is 4. The summed E-state index contributed by atoms with van der Waals surface area (Å²) in [5, 5.41) is 2.95. The average molecular weight is 705 g/mol. The summed E-state index contributed by atoms with van der Waals surface area (Å²) in [5.41, 5.74) is 8.56. The summed E-state index contributed by atoms with van der Waals surface area (Å²) in [6.45, 7) is 12.1. The Bertz CT molecular complexity index is 1890. The van der Waals surface area contributed by atoms with Crippen LogP contribution in [0.15, 0.2) is 58.4 Å². The number of piperidine rings is 2. The van der Waals surface area contributed by atoms with Crippen LogP contribution in [0.1, 0.15) is 46.5 Å². The van der Waals surface area contributed by atoms with E-state index in [1.54, 1.807) is 60.0 Å². The molecule has 1 amide bonds. The Balaban J connectivity index is 0.000000205. The van der Waals surface area contributed by atoms with Gasteiger partial charge in [0.25, 0.3) is 11.1 Å². The molecule has 51 heavy (non-hydrogen) atoms. The number of nitrogens with two attached hydrogens (primary N) is 1. The van der Waals surface area contributed by atoms with Crippen LogP contribution in [-0.4, -0.2) is 106 Å². The third-order valence-electron chi connectivity index (χ3n) is 9.32. The van der Waals surface area contributed by atoms with Gasteiger partial charge in [-0.2, -0.15) is 0 Å². The number of carbonyl (C=O) groups excluding carboxylic acids is 1. The molecule has 14 heteroatoms. The van der Waals surface area contributed by atoms with E-state index in [0.29, 0.717) is 30.6 Å². The van der Waals surface area contributed by atoms with Crippen molar-refractivity contribution in [3.05, 3.63) is 69.5 Å². The van der Waals surface area contributed by atoms with Crippen molar-refractivity contribution < 1.29 is 19.0 Å². The molecular weight excluding hydrogens is 652 g/mol. The highest BCUT2D eigenvalue weighted by atomic mass is 16.6. The summed E-state index contributed by atoms with van der Waals surface area (Å²) in [6, 6.07) is 10.8. The second-order valence-electron chi connectivity index (χ2n) is 14.1. The lowest BCUT2D eigenvalue weighted by atomic mass is 10.1. The summed E-state index contributed by atoms with van der Waals surface area (Å²) in [4.78, 5) is 49.9. The Morgan fingerprint density at radius 2 is 1.22 bits per heavy atom. The second-order valence-corrected chi connectivity index (χ2v) is 14.1. The lowest BCUT2D eigenvalue weighted by Crippen LogP contribution is -2.46. The number of nitrogens with one attached hydrogen (secondary N) is 1. The van der Waals surface area contributed by atoms with Crippen LogP contribution < -0.4 is 31.6 Å². The predicted molar refractivity (Wildman–Crippen MR) is 198 cm³/mol. The van der Waals surface area contributed by atoms with E-state index < -0.39 is 5.60 Å². The van der Waals surface area contributed by atoms with Crippen LogP contribution in [0, 0.1) is 0 Å². The number of aromatic nitrogens is 4. The number of hydrogen-bond acceptors (Lipinski definition) is 11. The van der Waals surface area contributed by atoms with Gasteiger partial charge in [0.05, 0.1) is 48.7 Å². The van der Waals surface area contributed by atoms with Crippen LogP contribution >= 0.6 is 0 Å². The van der Waals surface area contributed by atoms with E-state index in [2.05, 4.69) is 25.1 Å². The Morgan fingerprint density at radius 1 is 0.765 bits per heavy atom. The standard InChI is InChI=1S/C21H30N4O4.C16H22N4O2/c1-21(2,3)29-20(27)23-15-7-9-24(10-8-15)11-12-25-18-13-16(28-4)14-22-17(18)5-6-19(25)26;1-22-13-10-15-14(18-11-13)2-3-16(21)20(15)9-8-19-6-4-12(17)5-7-19/h5-6,13-15H,7-12H2,1-4H3,(H,23,27);2-3,10-12H,4-9,17H2,1H3. The van der Waals surface area contributed by atoms with E-state index in [4.69, 9.17) is 19.9 Å². The third-order valence-corrected chi connectivity index (χ3v) is 9.32. The number of ether oxygens (including phenoxy) is 3. The van der Waals surface area contributed by atoms with E-state index in [1.807, 2.05) is 32.9 Å². The monoisotopic (exact) mass is 704 g/mol. The molecule has 6 heterocycles. The van der Waals surface area contributed by atoms with Crippen molar-refractivity contribution in [1.29, 1.82) is 0 Å². The molecule has 3 N–H and O–H groups in total. The minimum absolute atomic E-state index is 0.00346. The first-order valence-electron chi connectivity index (χ1n) is 17.7. The van der Waals surface area contributed by atoms with Crippen molar-refractivity contribution in [2.75, 3.05) is 53.5 Å². The molecule has 4 aromatic rings. The van der Waals surface area contributed by atoms with Gasteiger partial charge in [-0.15, -0.1) is 0 Å². The van der Waals surface area contributed by atoms with Crippen molar-refractivity contribution >= 4 is 28.2 Å². The molecule has 0 spiro atoms. The van der Waals surface area contributed by atoms with Crippen LogP contribution in [0.25, 0.3) is 22.1 Å². The van der Waals surface area contributed by atoms with E-state index in [-0.39, 0.29) is 23.3 Å². The molecule has 14 nitrogen and oxygen atoms in total. The van der Waals surface area contributed by atoms with Gasteiger partial charge in [0, 0.05) is 75.6 Å². The molecule has 0 aliphatic carbocycles. The third kappa shape index (κ3) is 10.5. The summed E-state index contributed by atoms with van der Waals surface area (Å²) in [6.07, 6.45) is 6.74. The first-order chi connectivity index (χ1) is 24.4. The van der Waals surface area contributed by atoms with E-state index in [9.17, 15) is 14.4 Å². The highest BCUT2D eigenvalue weighted by Crippen LogP contribution is 2.19. The second kappa shape index (κ2) is 17.1. The molecule has 276 valence electrons. The quantitative estimate of drug-likeness (QED) is 0.264. The van der Waals surface area contributed by atoms with Gasteiger partial charge in [0.2, 0.25) is 0 Å². The van der Waals surface area contributed by atoms with Gasteiger partial charge < -0.3 is 44.2 Å². The fraction of sp³-hybridized carbons (Fsp3) is 0.541. The number of likely N-dealkylation sites (tertiary alicyclic amines) is 2. The van der Waals surface area contributed by atoms with Gasteiger partial charge in [-0.1, -0.05) is 0 Å². The van der Waals surface area contributed by atoms with Gasteiger partial charge in [-0.3, -0.25) is 19.6 Å². The Labute approximate surface area is 298 Å². The van der Waals surface area contributed by atoms with Crippen molar-refractivity contribution in [1.82, 2.24) is 34.2 Å². The lowest BCUT2D eigenvalue weighted by Gasteiger charge is -2.33. The highest BCUT2D eigenvalue weighted by Gasteiger charge is 2.24. The Hall–Kier alpha value is -4.53. The van der Waals surface area contributed by atoms with Crippen molar-refractivity contribution in [2.24, 2.45) is 5.73 Å². The molecule has 0 unspecified atom stereocenters. The zero-order chi connectivity index (χ0) is 36.5. The molecule has 0 radical (unpaired) electrons. The van der Waals surface area contributed by atoms with E-state index in [1.165, 1.54) is 0 Å². The molecule has 0 aromatic carbocycles. The number of rotatable bonds is 9. The van der Waals surface area contributed by atoms with Crippen molar-refractivity contribution in [3.63, 3.8) is 0 Å². The SMILES string of the molecule is COc1cnc2ccc(=O)n(CCN3CCC(N)CC3)c2c1.COc1cnc2ccc(=O)n(CCN3CCC(NC(=O)OC(C)(C)C)CC3)c2c1. The minimum Gasteiger partial charge on any atom is -0.495 e. The lowest BCUT2D eigenvalue weighted by molar-refractivity contribution is 0.0478. The number of amides is 1. The number of methoxy groups -OCH3 is 2. The van der Waals surface area contributed by atoms with E-state index >= 15 is 0 Å². The molecular formula is C37H52N8O6. The largest absolute Gasteiger partial charge is 0.495 e. The van der Waals surface area contributed by atoms with Gasteiger partial charge in [0.15, 0.2) is 0 Å². The number of carbonyl (C=O) groups is 1. The highest BCUT2D eigenvalue weighted by molar-refractivity contribution is 5.76. The maximum Gasteiger partial charge on any atom is 0.407 e. The Morgan fingerprint density at radius 3 is 1.65 bits per heavy atom. The van der Waals surface area contributed by atoms with Crippen LogP contribution in [0.3, 0.4) is 0 Å². The van der Waals surface area contributed by atoms with Crippen LogP contribution in [0.2, 0.25) is 0 Å². The van der Waals surface area contributed by atoms with Gasteiger partial charge in [-0.25, -0.2) is 4.79 Å². The van der Waals surface area contributed by atoms with Crippen LogP contribution in [0.4, 0.5) is 4.79 Å². The molecule has 2 saturated heterocycles. The molecule has 0 atom stereocenters. The van der Waals surface area contributed by atoms with Crippen molar-refractivity contribution in [3.8, 4) is 11.5 Å². The zero-order valence-electron chi connectivity index (χ0n) is 30.5. The maximum atomic E-state index is 12.4. The maximum absolute atomic E-state index is 12.4. The van der Waals surface area contributed by atoms with Gasteiger partial charge in [0.1, 0.15) is 17.1 Å². The van der Waals surface area contributed by atoms with Crippen LogP contribution in [-0.2, 0) is 17.8 Å². The summed E-state index contributed by atoms with van der Waals surface area (Å²) < 4.78 is 19.3. The molecule has 4 aromatic heterocycles. The molecule has 2 aliphatic rings. The van der Waals surface area contributed by atoms with Crippen LogP contribution in [0.5, 0.6) is 11.5 Å². The first-order valence-corrected chi connectivity index (χ1v) is 17.7. The molecule has 0 saturated carbocycles. The van der Waals surface area contributed by atoms with Gasteiger partial charge in [-0.05, 0) is 71.7 Å². The fourth-order valence-electron chi connectivity index (χ4n) is 6.42. The average Bonchev–Trinajstić information content (AvgIpc) is 3.11. The molecule has 2 aliphatic heterocycles. The molecule has 2 fully saturated rings. The summed E-state index contributed by atoms with van der Waals surface area (Å²) >= 11 is 0. The fourth-order valence-corrected chi connectivity index (χ4v) is 6.42. The number of fused-ring (bicyclic) bond motifs is 2.